The predicted octanol–water partition coefficient (Wildman–Crippen LogP) is 6.03. The van der Waals surface area contributed by atoms with E-state index >= 15 is 0 Å². The minimum Gasteiger partial charge on any atom is -0.352 e. The zero-order valence-electron chi connectivity index (χ0n) is 18.3. The zero-order chi connectivity index (χ0) is 21.7. The number of aromatic amines is 1. The Kier molecular flexibility index (Phi) is 4.42. The maximum atomic E-state index is 5.02. The standard InChI is InChI=1S/C27H25N5/c1-17-6-3-4-7-22(17)23-8-5-13-32-27(23)30-26(31-32)25-16-21-15-19(9-10-24(21)29-25)20-11-12-28-18(2)14-20/h3-4,6-7,9-12,14-16,23,29H,5,8,13H2,1-2H3. The second-order valence-electron chi connectivity index (χ2n) is 8.74. The smallest absolute Gasteiger partial charge is 0.197 e. The molecule has 0 bridgehead atoms. The van der Waals surface area contributed by atoms with Crippen LogP contribution in [-0.4, -0.2) is 24.7 Å². The van der Waals surface area contributed by atoms with Crippen LogP contribution in [0.15, 0.2) is 66.9 Å². The van der Waals surface area contributed by atoms with Crippen LogP contribution in [0.25, 0.3) is 33.5 Å². The molecule has 1 aliphatic rings. The molecule has 0 saturated heterocycles. The summed E-state index contributed by atoms with van der Waals surface area (Å²) in [7, 11) is 0. The average molecular weight is 420 g/mol. The molecule has 2 aromatic carbocycles. The van der Waals surface area contributed by atoms with Crippen LogP contribution in [-0.2, 0) is 6.54 Å². The van der Waals surface area contributed by atoms with Gasteiger partial charge in [-0.05, 0) is 79.3 Å². The van der Waals surface area contributed by atoms with E-state index in [0.717, 1.165) is 53.3 Å². The van der Waals surface area contributed by atoms with Gasteiger partial charge in [-0.3, -0.25) is 4.98 Å². The van der Waals surface area contributed by atoms with Crippen molar-refractivity contribution < 1.29 is 0 Å². The van der Waals surface area contributed by atoms with Gasteiger partial charge in [0.15, 0.2) is 5.82 Å². The Morgan fingerprint density at radius 2 is 1.84 bits per heavy atom. The van der Waals surface area contributed by atoms with Gasteiger partial charge in [-0.2, -0.15) is 0 Å². The van der Waals surface area contributed by atoms with Gasteiger partial charge in [-0.1, -0.05) is 30.3 Å². The Bertz CT molecular complexity index is 1440. The summed E-state index contributed by atoms with van der Waals surface area (Å²) in [5.41, 5.74) is 8.13. The lowest BCUT2D eigenvalue weighted by Gasteiger charge is -2.23. The largest absolute Gasteiger partial charge is 0.352 e. The number of pyridine rings is 1. The molecule has 0 radical (unpaired) electrons. The fourth-order valence-corrected chi connectivity index (χ4v) is 4.90. The first-order valence-electron chi connectivity index (χ1n) is 11.2. The highest BCUT2D eigenvalue weighted by Crippen LogP contribution is 2.35. The van der Waals surface area contributed by atoms with Crippen LogP contribution < -0.4 is 0 Å². The molecule has 32 heavy (non-hydrogen) atoms. The van der Waals surface area contributed by atoms with E-state index in [9.17, 15) is 0 Å². The Morgan fingerprint density at radius 1 is 0.969 bits per heavy atom. The van der Waals surface area contributed by atoms with Gasteiger partial charge in [0, 0.05) is 35.3 Å². The third kappa shape index (κ3) is 3.21. The molecule has 0 fully saturated rings. The van der Waals surface area contributed by atoms with Crippen molar-refractivity contribution in [1.29, 1.82) is 0 Å². The van der Waals surface area contributed by atoms with Crippen molar-refractivity contribution in [3.63, 3.8) is 0 Å². The molecular formula is C27H25N5. The van der Waals surface area contributed by atoms with Crippen molar-refractivity contribution in [3.05, 3.63) is 89.5 Å². The molecule has 5 heteroatoms. The maximum absolute atomic E-state index is 5.02. The van der Waals surface area contributed by atoms with Gasteiger partial charge < -0.3 is 4.98 Å². The summed E-state index contributed by atoms with van der Waals surface area (Å²) in [6.07, 6.45) is 4.10. The first kappa shape index (κ1) is 19.0. The molecule has 3 aromatic heterocycles. The lowest BCUT2D eigenvalue weighted by molar-refractivity contribution is 0.445. The Balaban J connectivity index is 1.39. The first-order valence-corrected chi connectivity index (χ1v) is 11.2. The average Bonchev–Trinajstić information content (AvgIpc) is 3.43. The summed E-state index contributed by atoms with van der Waals surface area (Å²) in [5.74, 6) is 2.15. The monoisotopic (exact) mass is 419 g/mol. The number of benzene rings is 2. The highest BCUT2D eigenvalue weighted by Gasteiger charge is 2.27. The minimum atomic E-state index is 0.303. The number of nitrogens with zero attached hydrogens (tertiary/aromatic N) is 4. The van der Waals surface area contributed by atoms with E-state index < -0.39 is 0 Å². The molecule has 158 valence electrons. The fraction of sp³-hybridized carbons (Fsp3) is 0.222. The summed E-state index contributed by atoms with van der Waals surface area (Å²) in [4.78, 5) is 12.9. The van der Waals surface area contributed by atoms with Crippen molar-refractivity contribution >= 4 is 10.9 Å². The van der Waals surface area contributed by atoms with Gasteiger partial charge in [0.05, 0.1) is 5.69 Å². The molecule has 5 aromatic rings. The minimum absolute atomic E-state index is 0.303. The summed E-state index contributed by atoms with van der Waals surface area (Å²) >= 11 is 0. The van der Waals surface area contributed by atoms with Crippen molar-refractivity contribution in [2.24, 2.45) is 0 Å². The molecule has 0 spiro atoms. The van der Waals surface area contributed by atoms with Crippen LogP contribution in [0.4, 0.5) is 0 Å². The second kappa shape index (κ2) is 7.45. The van der Waals surface area contributed by atoms with Crippen LogP contribution >= 0.6 is 0 Å². The summed E-state index contributed by atoms with van der Waals surface area (Å²) in [6, 6.07) is 21.5. The lowest BCUT2D eigenvalue weighted by atomic mass is 9.88. The number of aryl methyl sites for hydroxylation is 3. The van der Waals surface area contributed by atoms with E-state index in [-0.39, 0.29) is 0 Å². The van der Waals surface area contributed by atoms with E-state index in [4.69, 9.17) is 10.1 Å². The number of hydrogen-bond acceptors (Lipinski definition) is 3. The van der Waals surface area contributed by atoms with Gasteiger partial charge in [0.25, 0.3) is 0 Å². The van der Waals surface area contributed by atoms with Crippen LogP contribution in [0.3, 0.4) is 0 Å². The van der Waals surface area contributed by atoms with E-state index in [0.29, 0.717) is 5.92 Å². The SMILES string of the molecule is Cc1cc(-c2ccc3[nH]c(-c4nc5n(n4)CCCC5c4ccccc4C)cc3c2)ccn1. The third-order valence-corrected chi connectivity index (χ3v) is 6.53. The van der Waals surface area contributed by atoms with E-state index in [2.05, 4.69) is 82.2 Å². The second-order valence-corrected chi connectivity index (χ2v) is 8.74. The molecular weight excluding hydrogens is 394 g/mol. The highest BCUT2D eigenvalue weighted by atomic mass is 15.4. The van der Waals surface area contributed by atoms with Crippen LogP contribution in [0.1, 0.15) is 41.4 Å². The number of H-pyrrole nitrogens is 1. The number of fused-ring (bicyclic) bond motifs is 2. The van der Waals surface area contributed by atoms with Crippen LogP contribution in [0.5, 0.6) is 0 Å². The Morgan fingerprint density at radius 3 is 2.72 bits per heavy atom. The lowest BCUT2D eigenvalue weighted by Crippen LogP contribution is -2.18. The quantitative estimate of drug-likeness (QED) is 0.388. The molecule has 6 rings (SSSR count). The van der Waals surface area contributed by atoms with Crippen molar-refractivity contribution in [2.45, 2.75) is 39.2 Å². The number of hydrogen-bond donors (Lipinski definition) is 1. The molecule has 0 amide bonds. The summed E-state index contributed by atoms with van der Waals surface area (Å²) in [6.45, 7) is 5.13. The molecule has 1 atom stereocenters. The maximum Gasteiger partial charge on any atom is 0.197 e. The van der Waals surface area contributed by atoms with Crippen LogP contribution in [0.2, 0.25) is 0 Å². The van der Waals surface area contributed by atoms with E-state index in [1.807, 2.05) is 13.1 Å². The molecule has 5 nitrogen and oxygen atoms in total. The fourth-order valence-electron chi connectivity index (χ4n) is 4.90. The number of aromatic nitrogens is 5. The normalized spacial score (nSPS) is 15.8. The van der Waals surface area contributed by atoms with Crippen molar-refractivity contribution in [1.82, 2.24) is 24.7 Å². The highest BCUT2D eigenvalue weighted by molar-refractivity contribution is 5.88. The Labute approximate surface area is 187 Å². The van der Waals surface area contributed by atoms with E-state index in [1.165, 1.54) is 22.3 Å². The summed E-state index contributed by atoms with van der Waals surface area (Å²) < 4.78 is 2.10. The first-order chi connectivity index (χ1) is 15.7. The number of nitrogens with one attached hydrogen (secondary N) is 1. The molecule has 0 saturated carbocycles. The Hall–Kier alpha value is -3.73. The van der Waals surface area contributed by atoms with Crippen LogP contribution in [0, 0.1) is 13.8 Å². The van der Waals surface area contributed by atoms with Crippen molar-refractivity contribution in [3.8, 4) is 22.6 Å². The number of rotatable bonds is 3. The van der Waals surface area contributed by atoms with Gasteiger partial charge in [0.1, 0.15) is 5.82 Å². The molecule has 1 N–H and O–H groups in total. The van der Waals surface area contributed by atoms with Gasteiger partial charge in [-0.15, -0.1) is 5.10 Å². The predicted molar refractivity (Wildman–Crippen MR) is 128 cm³/mol. The topological polar surface area (TPSA) is 59.4 Å². The zero-order valence-corrected chi connectivity index (χ0v) is 18.3. The molecule has 0 aliphatic carbocycles. The van der Waals surface area contributed by atoms with Gasteiger partial charge in [-0.25, -0.2) is 9.67 Å². The van der Waals surface area contributed by atoms with Gasteiger partial charge >= 0.3 is 0 Å². The molecule has 1 unspecified atom stereocenters. The van der Waals surface area contributed by atoms with Crippen molar-refractivity contribution in [2.75, 3.05) is 0 Å². The molecule has 1 aliphatic heterocycles. The third-order valence-electron chi connectivity index (χ3n) is 6.53. The van der Waals surface area contributed by atoms with Gasteiger partial charge in [0.2, 0.25) is 0 Å². The molecule has 4 heterocycles. The van der Waals surface area contributed by atoms with E-state index in [1.54, 1.807) is 0 Å². The summed E-state index contributed by atoms with van der Waals surface area (Å²) in [5, 5.41) is 6.04.